The van der Waals surface area contributed by atoms with Crippen LogP contribution in [0, 0.1) is 0 Å². The molecule has 6 heavy (non-hydrogen) atoms. The molecule has 0 saturated heterocycles. The first-order chi connectivity index (χ1) is 2.56. The first-order valence-electron chi connectivity index (χ1n) is 1.99. The van der Waals surface area contributed by atoms with E-state index in [4.69, 9.17) is 0 Å². The molecule has 0 amide bonds. The van der Waals surface area contributed by atoms with Gasteiger partial charge in [-0.3, -0.25) is 0 Å². The molecule has 0 aromatic heterocycles. The van der Waals surface area contributed by atoms with Crippen molar-refractivity contribution in [2.45, 2.75) is 13.1 Å². The van der Waals surface area contributed by atoms with Crippen molar-refractivity contribution in [1.29, 1.82) is 0 Å². The van der Waals surface area contributed by atoms with Crippen LogP contribution in [0.2, 0.25) is 13.1 Å². The van der Waals surface area contributed by atoms with Gasteiger partial charge in [0.25, 0.3) is 0 Å². The van der Waals surface area contributed by atoms with Gasteiger partial charge in [-0.05, 0) is 0 Å². The van der Waals surface area contributed by atoms with Crippen molar-refractivity contribution in [1.82, 2.24) is 0 Å². The van der Waals surface area contributed by atoms with Crippen molar-refractivity contribution < 1.29 is 0 Å². The van der Waals surface area contributed by atoms with Gasteiger partial charge in [-0.2, -0.15) is 0 Å². The monoisotopic (exact) mass is 118 g/mol. The van der Waals surface area contributed by atoms with E-state index in [2.05, 4.69) is 28.5 Å². The summed E-state index contributed by atoms with van der Waals surface area (Å²) in [6.45, 7) is 8.13. The third-order valence-corrected chi connectivity index (χ3v) is 2.29. The highest BCUT2D eigenvalue weighted by Gasteiger charge is 2.03. The quantitative estimate of drug-likeness (QED) is 0.364. The lowest BCUT2D eigenvalue weighted by Gasteiger charge is -2.04. The van der Waals surface area contributed by atoms with Crippen molar-refractivity contribution in [3.63, 3.8) is 0 Å². The zero-order chi connectivity index (χ0) is 5.21. The second-order valence-electron chi connectivity index (χ2n) is 2.03. The molecule has 0 bridgehead atoms. The molecule has 0 spiro atoms. The lowest BCUT2D eigenvalue weighted by Crippen LogP contribution is -2.08. The molecule has 0 nitrogen and oxygen atoms in total. The smallest absolute Gasteiger partial charge is 0.0916 e. The zero-order valence-electron chi connectivity index (χ0n) is 4.36. The Hall–Kier alpha value is 0.387. The number of hydrogen-bond donors (Lipinski definition) is 0. The lowest BCUT2D eigenvalue weighted by molar-refractivity contribution is 1.97. The van der Waals surface area contributed by atoms with E-state index in [1.54, 1.807) is 0 Å². The molecule has 2 heteroatoms. The zero-order valence-corrected chi connectivity index (χ0v) is 6.52. The van der Waals surface area contributed by atoms with Gasteiger partial charge in [0.1, 0.15) is 0 Å². The summed E-state index contributed by atoms with van der Waals surface area (Å²) in [5.74, 6) is 0. The van der Waals surface area contributed by atoms with Gasteiger partial charge in [-0.25, -0.2) is 0 Å². The molecule has 0 rings (SSSR count). The van der Waals surface area contributed by atoms with Crippen molar-refractivity contribution in [2.75, 3.05) is 0 Å². The molecule has 0 heterocycles. The normalized spacial score (nSPS) is 11.2. The first-order valence-corrected chi connectivity index (χ1v) is 6.87. The molecule has 0 N–H and O–H groups in total. The maximum absolute atomic E-state index is 3.67. The van der Waals surface area contributed by atoms with E-state index in [1.165, 1.54) is 0 Å². The Morgan fingerprint density at radius 1 is 1.67 bits per heavy atom. The molecule has 1 unspecified atom stereocenters. The second kappa shape index (κ2) is 1.90. The molecule has 0 aliphatic carbocycles. The molecule has 0 saturated carbocycles. The highest BCUT2D eigenvalue weighted by atomic mass is 31.3. The summed E-state index contributed by atoms with van der Waals surface area (Å²) in [6.07, 6.45) is 0. The molecule has 0 aliphatic heterocycles. The Morgan fingerprint density at radius 2 is 1.83 bits per heavy atom. The van der Waals surface area contributed by atoms with Crippen LogP contribution in [0.3, 0.4) is 0 Å². The van der Waals surface area contributed by atoms with Crippen LogP contribution in [-0.2, 0) is 0 Å². The summed E-state index contributed by atoms with van der Waals surface area (Å²) >= 11 is 0. The predicted octanol–water partition coefficient (Wildman–Crippen LogP) is 1.79. The van der Waals surface area contributed by atoms with Gasteiger partial charge in [0.15, 0.2) is 0 Å². The summed E-state index contributed by atoms with van der Waals surface area (Å²) in [6, 6.07) is 0. The lowest BCUT2D eigenvalue weighted by atomic mass is 11.3. The fourth-order valence-corrected chi connectivity index (χ4v) is 0. The maximum atomic E-state index is 3.67. The first kappa shape index (κ1) is 6.39. The van der Waals surface area contributed by atoms with Gasteiger partial charge in [0.05, 0.1) is 7.74 Å². The van der Waals surface area contributed by atoms with E-state index >= 15 is 0 Å². The van der Waals surface area contributed by atoms with Gasteiger partial charge >= 0.3 is 0 Å². The molecular formula is C4H11PSi. The van der Waals surface area contributed by atoms with Crippen LogP contribution < -0.4 is 0 Å². The molecule has 36 valence electrons. The van der Waals surface area contributed by atoms with E-state index in [9.17, 15) is 0 Å². The van der Waals surface area contributed by atoms with E-state index in [0.717, 1.165) is 0 Å². The summed E-state index contributed by atoms with van der Waals surface area (Å²) < 4.78 is 0. The van der Waals surface area contributed by atoms with Crippen molar-refractivity contribution in [2.24, 2.45) is 0 Å². The van der Waals surface area contributed by atoms with Gasteiger partial charge in [-0.1, -0.05) is 18.8 Å². The van der Waals surface area contributed by atoms with Crippen LogP contribution >= 0.6 is 8.79 Å². The summed E-state index contributed by atoms with van der Waals surface area (Å²) in [5.41, 5.74) is 2.04. The van der Waals surface area contributed by atoms with Crippen molar-refractivity contribution >= 4 is 16.5 Å². The van der Waals surface area contributed by atoms with E-state index in [-0.39, 0.29) is 0 Å². The Bertz CT molecular complexity index is 53.1. The summed E-state index contributed by atoms with van der Waals surface area (Å²) in [5, 5.41) is 0. The highest BCUT2D eigenvalue weighted by Crippen LogP contribution is 2.09. The third kappa shape index (κ3) is 4.39. The Kier molecular flexibility index (Phi) is 2.02. The molecular weight excluding hydrogens is 107 g/mol. The standard InChI is InChI=1S/C4H11PSi/c1-4-6(2,3)5/h4H,1,5H2,2-3H3. The van der Waals surface area contributed by atoms with Crippen molar-refractivity contribution in [3.8, 4) is 0 Å². The number of rotatable bonds is 1. The van der Waals surface area contributed by atoms with Crippen molar-refractivity contribution in [3.05, 3.63) is 12.3 Å². The molecule has 1 atom stereocenters. The van der Waals surface area contributed by atoms with E-state index < -0.39 is 7.74 Å². The molecule has 0 aliphatic rings. The average molecular weight is 118 g/mol. The molecule has 0 aromatic carbocycles. The van der Waals surface area contributed by atoms with Gasteiger partial charge in [-0.15, -0.1) is 15.4 Å². The van der Waals surface area contributed by atoms with Gasteiger partial charge in [0, 0.05) is 0 Å². The summed E-state index contributed by atoms with van der Waals surface area (Å²) in [4.78, 5) is 0. The van der Waals surface area contributed by atoms with Gasteiger partial charge in [0.2, 0.25) is 0 Å². The SMILES string of the molecule is C=C[Si](C)(C)P. The van der Waals surface area contributed by atoms with Crippen LogP contribution in [0.15, 0.2) is 12.3 Å². The minimum absolute atomic E-state index is 0.951. The average Bonchev–Trinajstić information content (AvgIpc) is 1.35. The fourth-order valence-electron chi connectivity index (χ4n) is 0. The van der Waals surface area contributed by atoms with E-state index in [0.29, 0.717) is 0 Å². The predicted molar refractivity (Wildman–Crippen MR) is 37.4 cm³/mol. The van der Waals surface area contributed by atoms with Crippen LogP contribution in [0.5, 0.6) is 0 Å². The van der Waals surface area contributed by atoms with Crippen LogP contribution in [0.4, 0.5) is 0 Å². The molecule has 0 fully saturated rings. The molecule has 0 aromatic rings. The van der Waals surface area contributed by atoms with E-state index in [1.807, 2.05) is 5.70 Å². The van der Waals surface area contributed by atoms with Gasteiger partial charge < -0.3 is 0 Å². The Morgan fingerprint density at radius 3 is 1.83 bits per heavy atom. The second-order valence-corrected chi connectivity index (χ2v) is 10.5. The molecule has 0 radical (unpaired) electrons. The van der Waals surface area contributed by atoms with Crippen LogP contribution in [0.1, 0.15) is 0 Å². The largest absolute Gasteiger partial charge is 0.145 e. The maximum Gasteiger partial charge on any atom is 0.0916 e. The third-order valence-electron chi connectivity index (χ3n) is 0.526. The highest BCUT2D eigenvalue weighted by molar-refractivity contribution is 7.69. The van der Waals surface area contributed by atoms with Crippen LogP contribution in [-0.4, -0.2) is 7.74 Å². The minimum atomic E-state index is -0.951. The Balaban J connectivity index is 3.45. The summed E-state index contributed by atoms with van der Waals surface area (Å²) in [7, 11) is 1.86. The fraction of sp³-hybridized carbons (Fsp3) is 0.500. The Labute approximate surface area is 42.7 Å². The topological polar surface area (TPSA) is 0 Å². The number of hydrogen-bond acceptors (Lipinski definition) is 0. The van der Waals surface area contributed by atoms with Crippen LogP contribution in [0.25, 0.3) is 0 Å². The minimum Gasteiger partial charge on any atom is -0.145 e.